The number of carbonyl (C=O) groups is 1. The minimum Gasteiger partial charge on any atom is -0.315 e. The van der Waals surface area contributed by atoms with Crippen LogP contribution in [0.3, 0.4) is 0 Å². The lowest BCUT2D eigenvalue weighted by Crippen LogP contribution is -2.48. The summed E-state index contributed by atoms with van der Waals surface area (Å²) in [4.78, 5) is 16.5. The number of likely N-dealkylation sites (N-methyl/N-ethyl adjacent to an activating group) is 1. The number of hydrogen-bond acceptors (Lipinski definition) is 2. The molecular weight excluding hydrogens is 284 g/mol. The summed E-state index contributed by atoms with van der Waals surface area (Å²) in [6.07, 6.45) is 6.83. The highest BCUT2D eigenvalue weighted by atomic mass is 35.5. The van der Waals surface area contributed by atoms with E-state index in [1.165, 1.54) is 18.5 Å². The molecular formula is C17H29ClN2O. The molecule has 0 aromatic heterocycles. The van der Waals surface area contributed by atoms with E-state index in [0.29, 0.717) is 5.92 Å². The molecule has 0 saturated heterocycles. The molecule has 0 heterocycles. The summed E-state index contributed by atoms with van der Waals surface area (Å²) < 4.78 is 0. The van der Waals surface area contributed by atoms with Crippen molar-refractivity contribution < 1.29 is 4.79 Å². The van der Waals surface area contributed by atoms with Gasteiger partial charge in [0.05, 0.1) is 0 Å². The lowest BCUT2D eigenvalue weighted by atomic mass is 9.70. The van der Waals surface area contributed by atoms with Crippen LogP contribution in [0.4, 0.5) is 0 Å². The van der Waals surface area contributed by atoms with Crippen LogP contribution in [0, 0.1) is 11.3 Å². The predicted molar refractivity (Wildman–Crippen MR) is 88.3 cm³/mol. The summed E-state index contributed by atoms with van der Waals surface area (Å²) in [7, 11) is 4.23. The zero-order valence-corrected chi connectivity index (χ0v) is 14.8. The van der Waals surface area contributed by atoms with Gasteiger partial charge in [0, 0.05) is 17.8 Å². The Morgan fingerprint density at radius 2 is 1.95 bits per heavy atom. The summed E-state index contributed by atoms with van der Waals surface area (Å²) in [6, 6.07) is 0. The highest BCUT2D eigenvalue weighted by Crippen LogP contribution is 2.44. The van der Waals surface area contributed by atoms with E-state index in [9.17, 15) is 4.79 Å². The molecule has 1 amide bonds. The summed E-state index contributed by atoms with van der Waals surface area (Å²) in [5.41, 5.74) is 1.35. The quantitative estimate of drug-likeness (QED) is 0.726. The third kappa shape index (κ3) is 4.01. The molecule has 0 aromatic carbocycles. The fourth-order valence-electron chi connectivity index (χ4n) is 3.45. The summed E-state index contributed by atoms with van der Waals surface area (Å²) in [5.74, 6) is 0.797. The normalized spacial score (nSPS) is 28.4. The van der Waals surface area contributed by atoms with Crippen LogP contribution in [0.5, 0.6) is 0 Å². The topological polar surface area (TPSA) is 23.6 Å². The van der Waals surface area contributed by atoms with E-state index in [0.717, 1.165) is 19.4 Å². The first-order valence-corrected chi connectivity index (χ1v) is 8.46. The Morgan fingerprint density at radius 1 is 1.33 bits per heavy atom. The highest BCUT2D eigenvalue weighted by Gasteiger charge is 2.40. The third-order valence-corrected chi connectivity index (χ3v) is 5.12. The average molecular weight is 313 g/mol. The Hall–Kier alpha value is -0.540. The fourth-order valence-corrected chi connectivity index (χ4v) is 3.60. The van der Waals surface area contributed by atoms with Crippen molar-refractivity contribution in [3.05, 3.63) is 11.8 Å². The highest BCUT2D eigenvalue weighted by molar-refractivity contribution is 6.27. The molecule has 0 bridgehead atoms. The molecule has 4 heteroatoms. The molecule has 2 aliphatic rings. The molecule has 1 unspecified atom stereocenters. The Morgan fingerprint density at radius 3 is 2.43 bits per heavy atom. The van der Waals surface area contributed by atoms with Gasteiger partial charge in [-0.1, -0.05) is 13.8 Å². The Balaban J connectivity index is 2.31. The van der Waals surface area contributed by atoms with Crippen LogP contribution in [0.25, 0.3) is 0 Å². The van der Waals surface area contributed by atoms with E-state index in [1.807, 2.05) is 4.90 Å². The van der Waals surface area contributed by atoms with Gasteiger partial charge >= 0.3 is 0 Å². The number of carbonyl (C=O) groups excluding carboxylic acids is 1. The number of rotatable bonds is 5. The number of nitrogens with zero attached hydrogens (tertiary/aromatic N) is 2. The molecule has 1 saturated carbocycles. The Labute approximate surface area is 134 Å². The minimum atomic E-state index is -0.00846. The first-order chi connectivity index (χ1) is 9.67. The first-order valence-electron chi connectivity index (χ1n) is 7.92. The molecule has 3 nitrogen and oxygen atoms in total. The van der Waals surface area contributed by atoms with Crippen molar-refractivity contribution in [2.24, 2.45) is 11.3 Å². The van der Waals surface area contributed by atoms with Crippen LogP contribution in [0.15, 0.2) is 11.8 Å². The Bertz CT molecular complexity index is 440. The van der Waals surface area contributed by atoms with Gasteiger partial charge in [-0.25, -0.2) is 0 Å². The van der Waals surface area contributed by atoms with Crippen molar-refractivity contribution in [3.8, 4) is 0 Å². The van der Waals surface area contributed by atoms with Gasteiger partial charge in [-0.3, -0.25) is 4.79 Å². The van der Waals surface area contributed by atoms with Crippen LogP contribution in [-0.4, -0.2) is 47.8 Å². The van der Waals surface area contributed by atoms with Crippen LogP contribution < -0.4 is 0 Å². The standard InChI is InChI=1S/C17H29ClN2O/c1-16(2)8-14(9-17(3,12-16)19(4)5)20(15(21)10-18)11-13-6-7-13/h9,13H,6-8,10-12H2,1-5H3. The third-order valence-electron chi connectivity index (χ3n) is 4.90. The monoisotopic (exact) mass is 312 g/mol. The van der Waals surface area contributed by atoms with E-state index in [-0.39, 0.29) is 22.7 Å². The van der Waals surface area contributed by atoms with Crippen LogP contribution in [0.2, 0.25) is 0 Å². The van der Waals surface area contributed by atoms with Gasteiger partial charge in [0.1, 0.15) is 5.88 Å². The molecule has 0 aromatic rings. The number of allylic oxidation sites excluding steroid dienone is 1. The minimum absolute atomic E-state index is 0.00846. The summed E-state index contributed by atoms with van der Waals surface area (Å²) in [6.45, 7) is 7.69. The second kappa shape index (κ2) is 5.92. The van der Waals surface area contributed by atoms with E-state index < -0.39 is 0 Å². The van der Waals surface area contributed by atoms with Crippen molar-refractivity contribution in [1.29, 1.82) is 0 Å². The molecule has 1 fully saturated rings. The van der Waals surface area contributed by atoms with E-state index in [1.54, 1.807) is 0 Å². The number of hydrogen-bond donors (Lipinski definition) is 0. The maximum absolute atomic E-state index is 12.3. The molecule has 21 heavy (non-hydrogen) atoms. The maximum Gasteiger partial charge on any atom is 0.241 e. The van der Waals surface area contributed by atoms with Gasteiger partial charge in [0.25, 0.3) is 0 Å². The molecule has 0 spiro atoms. The molecule has 1 atom stereocenters. The van der Waals surface area contributed by atoms with Crippen molar-refractivity contribution >= 4 is 17.5 Å². The molecule has 0 radical (unpaired) electrons. The van der Waals surface area contributed by atoms with Crippen molar-refractivity contribution in [1.82, 2.24) is 9.80 Å². The smallest absolute Gasteiger partial charge is 0.241 e. The molecule has 2 aliphatic carbocycles. The van der Waals surface area contributed by atoms with Crippen molar-refractivity contribution in [3.63, 3.8) is 0 Å². The molecule has 0 aliphatic heterocycles. The second-order valence-electron chi connectivity index (χ2n) is 7.99. The van der Waals surface area contributed by atoms with Gasteiger partial charge in [-0.05, 0) is 64.1 Å². The maximum atomic E-state index is 12.3. The molecule has 120 valence electrons. The second-order valence-corrected chi connectivity index (χ2v) is 8.25. The summed E-state index contributed by atoms with van der Waals surface area (Å²) in [5, 5.41) is 0. The zero-order chi connectivity index (χ0) is 15.8. The van der Waals surface area contributed by atoms with Gasteiger partial charge < -0.3 is 9.80 Å². The lowest BCUT2D eigenvalue weighted by Gasteiger charge is -2.47. The van der Waals surface area contributed by atoms with Crippen LogP contribution >= 0.6 is 11.6 Å². The van der Waals surface area contributed by atoms with E-state index >= 15 is 0 Å². The van der Waals surface area contributed by atoms with E-state index in [4.69, 9.17) is 11.6 Å². The predicted octanol–water partition coefficient (Wildman–Crippen LogP) is 3.49. The van der Waals surface area contributed by atoms with Crippen LogP contribution in [0.1, 0.15) is 46.5 Å². The zero-order valence-electron chi connectivity index (χ0n) is 14.1. The fraction of sp³-hybridized carbons (Fsp3) is 0.824. The summed E-state index contributed by atoms with van der Waals surface area (Å²) >= 11 is 5.85. The molecule has 0 N–H and O–H groups in total. The van der Waals surface area contributed by atoms with Crippen molar-refractivity contribution in [2.75, 3.05) is 26.5 Å². The van der Waals surface area contributed by atoms with Gasteiger partial charge in [0.2, 0.25) is 5.91 Å². The number of alkyl halides is 1. The largest absolute Gasteiger partial charge is 0.315 e. The number of halogens is 1. The number of amides is 1. The van der Waals surface area contributed by atoms with E-state index in [2.05, 4.69) is 45.8 Å². The first kappa shape index (κ1) is 16.8. The van der Waals surface area contributed by atoms with Crippen LogP contribution in [-0.2, 0) is 4.79 Å². The van der Waals surface area contributed by atoms with Gasteiger partial charge in [-0.15, -0.1) is 11.6 Å². The van der Waals surface area contributed by atoms with Crippen molar-refractivity contribution in [2.45, 2.75) is 52.0 Å². The lowest BCUT2D eigenvalue weighted by molar-refractivity contribution is -0.127. The molecule has 2 rings (SSSR count). The SMILES string of the molecule is CN(C)C1(C)C=C(N(CC2CC2)C(=O)CCl)CC(C)(C)C1. The van der Waals surface area contributed by atoms with Gasteiger partial charge in [-0.2, -0.15) is 0 Å². The van der Waals surface area contributed by atoms with Gasteiger partial charge in [0.15, 0.2) is 0 Å². The Kier molecular flexibility index (Phi) is 4.75. The average Bonchev–Trinajstić information content (AvgIpc) is 3.16.